The molecule has 0 saturated heterocycles. The second-order valence-electron chi connectivity index (χ2n) is 8.73. The summed E-state index contributed by atoms with van der Waals surface area (Å²) in [5, 5.41) is 15.2. The molecule has 0 aliphatic carbocycles. The summed E-state index contributed by atoms with van der Waals surface area (Å²) in [4.78, 5) is 16.4. The first kappa shape index (κ1) is 21.9. The Morgan fingerprint density at radius 3 is 2.71 bits per heavy atom. The van der Waals surface area contributed by atoms with Crippen molar-refractivity contribution in [2.45, 2.75) is 18.5 Å². The van der Waals surface area contributed by atoms with Gasteiger partial charge in [-0.25, -0.2) is 4.98 Å². The Bertz CT molecular complexity index is 1330. The van der Waals surface area contributed by atoms with Crippen molar-refractivity contribution in [1.82, 2.24) is 24.6 Å². The van der Waals surface area contributed by atoms with Gasteiger partial charge in [0.05, 0.1) is 24.0 Å². The number of fused-ring (bicyclic) bond motifs is 1. The number of rotatable bonds is 7. The Kier molecular flexibility index (Phi) is 6.14. The smallest absolute Gasteiger partial charge is 0.250 e. The van der Waals surface area contributed by atoms with Crippen LogP contribution in [-0.4, -0.2) is 38.5 Å². The van der Waals surface area contributed by atoms with Crippen LogP contribution in [0.15, 0.2) is 78.1 Å². The van der Waals surface area contributed by atoms with Gasteiger partial charge in [-0.3, -0.25) is 9.48 Å². The highest BCUT2D eigenvalue weighted by atomic mass is 16.1. The van der Waals surface area contributed by atoms with E-state index in [9.17, 15) is 4.79 Å². The molecule has 0 fully saturated rings. The van der Waals surface area contributed by atoms with E-state index in [0.717, 1.165) is 47.7 Å². The van der Waals surface area contributed by atoms with Crippen LogP contribution in [-0.2, 0) is 20.5 Å². The molecule has 0 amide bonds. The minimum atomic E-state index is 0.00852. The first-order chi connectivity index (χ1) is 16.6. The molecule has 34 heavy (non-hydrogen) atoms. The Morgan fingerprint density at radius 1 is 1.09 bits per heavy atom. The Hall–Kier alpha value is -3.91. The number of aromatic nitrogens is 4. The van der Waals surface area contributed by atoms with Gasteiger partial charge < -0.3 is 20.5 Å². The third-order valence-electron chi connectivity index (χ3n) is 6.25. The van der Waals surface area contributed by atoms with Crippen molar-refractivity contribution < 1.29 is 0 Å². The summed E-state index contributed by atoms with van der Waals surface area (Å²) in [5.41, 5.74) is 5.44. The van der Waals surface area contributed by atoms with Crippen LogP contribution in [0.3, 0.4) is 0 Å². The topological polar surface area (TPSA) is 88.8 Å². The maximum Gasteiger partial charge on any atom is 0.250 e. The second-order valence-corrected chi connectivity index (χ2v) is 8.73. The highest BCUT2D eigenvalue weighted by Crippen LogP contribution is 2.32. The summed E-state index contributed by atoms with van der Waals surface area (Å²) in [6.07, 6.45) is 8.46. The van der Waals surface area contributed by atoms with Crippen molar-refractivity contribution in [2.75, 3.05) is 23.7 Å². The number of aryl methyl sites for hydroxylation is 2. The molecule has 8 nitrogen and oxygen atoms in total. The lowest BCUT2D eigenvalue weighted by Gasteiger charge is -2.34. The molecule has 1 aliphatic rings. The molecule has 174 valence electrons. The van der Waals surface area contributed by atoms with Gasteiger partial charge in [0.25, 0.3) is 0 Å². The number of pyridine rings is 2. The van der Waals surface area contributed by atoms with Crippen LogP contribution in [0.5, 0.6) is 0 Å². The van der Waals surface area contributed by atoms with E-state index >= 15 is 0 Å². The van der Waals surface area contributed by atoms with E-state index in [2.05, 4.69) is 51.4 Å². The van der Waals surface area contributed by atoms with E-state index in [1.165, 1.54) is 5.56 Å². The summed E-state index contributed by atoms with van der Waals surface area (Å²) in [7, 11) is 3.70. The number of hydrogen-bond donors (Lipinski definition) is 3. The second kappa shape index (κ2) is 9.52. The maximum atomic E-state index is 11.7. The van der Waals surface area contributed by atoms with Crippen LogP contribution >= 0.6 is 0 Å². The first-order valence-electron chi connectivity index (χ1n) is 11.5. The van der Waals surface area contributed by atoms with Crippen molar-refractivity contribution in [3.8, 4) is 11.1 Å². The molecule has 1 aliphatic heterocycles. The lowest BCUT2D eigenvalue weighted by molar-refractivity contribution is 0.471. The molecule has 5 rings (SSSR count). The van der Waals surface area contributed by atoms with Crippen molar-refractivity contribution in [3.05, 3.63) is 94.8 Å². The summed E-state index contributed by atoms with van der Waals surface area (Å²) < 4.78 is 3.42. The lowest BCUT2D eigenvalue weighted by atomic mass is 9.97. The van der Waals surface area contributed by atoms with Crippen LogP contribution in [0.4, 0.5) is 11.5 Å². The highest BCUT2D eigenvalue weighted by molar-refractivity contribution is 5.75. The summed E-state index contributed by atoms with van der Waals surface area (Å²) >= 11 is 0. The summed E-state index contributed by atoms with van der Waals surface area (Å²) in [6.45, 7) is 1.55. The molecule has 3 aromatic heterocycles. The Morgan fingerprint density at radius 2 is 1.94 bits per heavy atom. The number of hydrogen-bond acceptors (Lipinski definition) is 6. The van der Waals surface area contributed by atoms with E-state index < -0.39 is 0 Å². The number of nitrogens with one attached hydrogen (secondary N) is 3. The molecule has 0 saturated carbocycles. The summed E-state index contributed by atoms with van der Waals surface area (Å²) in [6, 6.07) is 16.3. The molecule has 8 heteroatoms. The van der Waals surface area contributed by atoms with Crippen LogP contribution in [0.2, 0.25) is 0 Å². The van der Waals surface area contributed by atoms with Gasteiger partial charge in [-0.05, 0) is 30.2 Å². The third-order valence-corrected chi connectivity index (χ3v) is 6.25. The highest BCUT2D eigenvalue weighted by Gasteiger charge is 2.27. The molecule has 1 aromatic carbocycles. The van der Waals surface area contributed by atoms with Crippen molar-refractivity contribution in [1.29, 1.82) is 0 Å². The van der Waals surface area contributed by atoms with Crippen LogP contribution in [0.25, 0.3) is 11.1 Å². The molecule has 2 atom stereocenters. The average molecular weight is 456 g/mol. The van der Waals surface area contributed by atoms with Gasteiger partial charge in [0.15, 0.2) is 0 Å². The lowest BCUT2D eigenvalue weighted by Crippen LogP contribution is -2.44. The minimum Gasteiger partial charge on any atom is -0.380 e. The van der Waals surface area contributed by atoms with E-state index in [0.29, 0.717) is 0 Å². The van der Waals surface area contributed by atoms with E-state index in [4.69, 9.17) is 4.98 Å². The minimum absolute atomic E-state index is 0.00852. The predicted octanol–water partition coefficient (Wildman–Crippen LogP) is 2.96. The van der Waals surface area contributed by atoms with Gasteiger partial charge in [0.2, 0.25) is 5.56 Å². The molecule has 0 radical (unpaired) electrons. The maximum absolute atomic E-state index is 11.7. The van der Waals surface area contributed by atoms with E-state index in [1.54, 1.807) is 22.4 Å². The fourth-order valence-electron chi connectivity index (χ4n) is 4.41. The quantitative estimate of drug-likeness (QED) is 0.397. The number of anilines is 2. The zero-order valence-electron chi connectivity index (χ0n) is 19.4. The molecule has 0 bridgehead atoms. The molecule has 4 aromatic rings. The van der Waals surface area contributed by atoms with Crippen LogP contribution in [0.1, 0.15) is 17.2 Å². The molecule has 0 spiro atoms. The van der Waals surface area contributed by atoms with Crippen LogP contribution in [0, 0.1) is 0 Å². The molecule has 4 heterocycles. The Labute approximate surface area is 198 Å². The number of nitrogens with zero attached hydrogens (tertiary/aromatic N) is 4. The average Bonchev–Trinajstić information content (AvgIpc) is 3.30. The normalized spacial score (nSPS) is 15.8. The van der Waals surface area contributed by atoms with Gasteiger partial charge in [-0.1, -0.05) is 36.4 Å². The van der Waals surface area contributed by atoms with Gasteiger partial charge >= 0.3 is 0 Å². The number of benzene rings is 1. The molecule has 0 unspecified atom stereocenters. The van der Waals surface area contributed by atoms with Gasteiger partial charge in [0, 0.05) is 56.4 Å². The largest absolute Gasteiger partial charge is 0.380 e. The monoisotopic (exact) mass is 455 g/mol. The molecular formula is C26H29N7O. The first-order valence-corrected chi connectivity index (χ1v) is 11.5. The van der Waals surface area contributed by atoms with E-state index in [-0.39, 0.29) is 17.6 Å². The standard InChI is InChI=1S/C26H29N7O/c1-32-16-18(8-9-24(32)34)10-11-27-25(19-6-4-3-5-7-19)23-15-28-22-12-20(13-29-26(22)31-23)21-14-30-33(2)17-21/h3-9,12-14,16-17,23,25,27-28H,10-11,15H2,1-2H3,(H,29,31)/t23-,25-/m1/s1. The zero-order valence-corrected chi connectivity index (χ0v) is 19.4. The van der Waals surface area contributed by atoms with Crippen LogP contribution < -0.4 is 21.5 Å². The van der Waals surface area contributed by atoms with Crippen molar-refractivity contribution >= 4 is 11.5 Å². The van der Waals surface area contributed by atoms with Gasteiger partial charge in [-0.2, -0.15) is 5.10 Å². The van der Waals surface area contributed by atoms with Crippen molar-refractivity contribution in [2.24, 2.45) is 14.1 Å². The molecular weight excluding hydrogens is 426 g/mol. The van der Waals surface area contributed by atoms with E-state index in [1.807, 2.05) is 44.0 Å². The Balaban J connectivity index is 1.32. The fraction of sp³-hybridized carbons (Fsp3) is 0.269. The van der Waals surface area contributed by atoms with Gasteiger partial charge in [0.1, 0.15) is 5.82 Å². The summed E-state index contributed by atoms with van der Waals surface area (Å²) in [5.74, 6) is 0.852. The third kappa shape index (κ3) is 4.72. The van der Waals surface area contributed by atoms with Crippen molar-refractivity contribution in [3.63, 3.8) is 0 Å². The fourth-order valence-corrected chi connectivity index (χ4v) is 4.41. The SMILES string of the molecule is Cn1cc(-c2cnc3c(c2)NC[C@H]([C@H](NCCc2ccc(=O)n(C)c2)c2ccccc2)N3)cn1. The predicted molar refractivity (Wildman–Crippen MR) is 135 cm³/mol. The molecule has 3 N–H and O–H groups in total. The van der Waals surface area contributed by atoms with Gasteiger partial charge in [-0.15, -0.1) is 0 Å². The zero-order chi connectivity index (χ0) is 23.5.